The molecule has 1 N–H and O–H groups in total. The molecule has 0 saturated heterocycles. The van der Waals surface area contributed by atoms with E-state index in [0.29, 0.717) is 29.6 Å². The molecule has 0 aliphatic rings. The number of halogens is 3. The highest BCUT2D eigenvalue weighted by molar-refractivity contribution is 6.30. The molecule has 0 spiro atoms. The van der Waals surface area contributed by atoms with Gasteiger partial charge in [0.15, 0.2) is 29.6 Å². The number of carbonyl (C=O) groups excluding carboxylic acids is 1. The van der Waals surface area contributed by atoms with Gasteiger partial charge in [0.1, 0.15) is 23.0 Å². The van der Waals surface area contributed by atoms with Crippen molar-refractivity contribution in [3.63, 3.8) is 0 Å². The van der Waals surface area contributed by atoms with Crippen molar-refractivity contribution < 1.29 is 47.2 Å². The van der Waals surface area contributed by atoms with E-state index in [1.807, 2.05) is 13.0 Å². The molecule has 0 radical (unpaired) electrons. The van der Waals surface area contributed by atoms with Gasteiger partial charge >= 0.3 is 11.9 Å². The van der Waals surface area contributed by atoms with Crippen LogP contribution < -0.4 is 18.9 Å². The Hall–Kier alpha value is -5.41. The minimum atomic E-state index is -1.07. The number of nitrogens with zero attached hydrogens (tertiary/aromatic N) is 2. The van der Waals surface area contributed by atoms with Crippen LogP contribution in [0.5, 0.6) is 34.6 Å². The molecule has 0 aliphatic heterocycles. The van der Waals surface area contributed by atoms with E-state index in [9.17, 15) is 18.4 Å². The van der Waals surface area contributed by atoms with E-state index in [1.54, 1.807) is 31.2 Å². The number of rotatable bonds is 13. The lowest BCUT2D eigenvalue weighted by atomic mass is 10.2. The zero-order valence-electron chi connectivity index (χ0n) is 25.6. The van der Waals surface area contributed by atoms with Gasteiger partial charge in [-0.05, 0) is 93.1 Å². The maximum atomic E-state index is 13.8. The van der Waals surface area contributed by atoms with Crippen molar-refractivity contribution in [2.75, 3.05) is 6.61 Å². The highest BCUT2D eigenvalue weighted by atomic mass is 35.5. The molecule has 0 fully saturated rings. The number of carbonyl (C=O) groups is 2. The number of benzene rings is 3. The summed E-state index contributed by atoms with van der Waals surface area (Å²) in [7, 11) is 0. The molecule has 0 aliphatic carbocycles. The van der Waals surface area contributed by atoms with Crippen molar-refractivity contribution in [3.05, 3.63) is 101 Å². The van der Waals surface area contributed by atoms with E-state index in [1.165, 1.54) is 49.5 Å². The van der Waals surface area contributed by atoms with Gasteiger partial charge in [-0.1, -0.05) is 24.9 Å². The number of ether oxygens (including phenoxy) is 5. The predicted octanol–water partition coefficient (Wildman–Crippen LogP) is 8.12. The monoisotopic (exact) mass is 668 g/mol. The maximum absolute atomic E-state index is 13.8. The number of nitriles is 1. The van der Waals surface area contributed by atoms with E-state index in [4.69, 9.17) is 45.7 Å². The number of unbranched alkanes of at least 4 members (excludes halogenated alkanes) is 1. The molecule has 2 atom stereocenters. The van der Waals surface area contributed by atoms with Gasteiger partial charge in [-0.15, -0.1) is 0 Å². The Morgan fingerprint density at radius 2 is 1.45 bits per heavy atom. The summed E-state index contributed by atoms with van der Waals surface area (Å²) in [6, 6.07) is 19.4. The van der Waals surface area contributed by atoms with Crippen LogP contribution >= 0.6 is 11.6 Å². The average Bonchev–Trinajstić information content (AvgIpc) is 3.05. The lowest BCUT2D eigenvalue weighted by molar-refractivity contribution is -0.151. The summed E-state index contributed by atoms with van der Waals surface area (Å²) in [5, 5.41) is 17.6. The third-order valence-electron chi connectivity index (χ3n) is 5.97. The number of esters is 1. The first-order valence-electron chi connectivity index (χ1n) is 14.3. The zero-order chi connectivity index (χ0) is 34.3. The quantitative estimate of drug-likeness (QED) is 0.110. The summed E-state index contributed by atoms with van der Waals surface area (Å²) in [4.78, 5) is 26.2. The van der Waals surface area contributed by atoms with Crippen molar-refractivity contribution in [3.8, 4) is 40.7 Å². The molecule has 13 heteroatoms. The maximum Gasteiger partial charge on any atom is 0.347 e. The predicted molar refractivity (Wildman–Crippen MR) is 167 cm³/mol. The minimum absolute atomic E-state index is 0.0190. The van der Waals surface area contributed by atoms with E-state index >= 15 is 0 Å². The molecular formula is C34H31ClF2N2O8. The largest absolute Gasteiger partial charge is 0.479 e. The van der Waals surface area contributed by atoms with Crippen LogP contribution in [0.2, 0.25) is 5.02 Å². The fourth-order valence-electron chi connectivity index (χ4n) is 3.48. The fraction of sp³-hybridized carbons (Fsp3) is 0.235. The summed E-state index contributed by atoms with van der Waals surface area (Å²) in [5.74, 6) is -1.40. The van der Waals surface area contributed by atoms with Crippen LogP contribution in [0.4, 0.5) is 8.78 Å². The number of hydrogen-bond donors (Lipinski definition) is 1. The molecule has 1 heterocycles. The molecule has 246 valence electrons. The molecule has 10 nitrogen and oxygen atoms in total. The van der Waals surface area contributed by atoms with Crippen LogP contribution in [-0.2, 0) is 14.3 Å². The van der Waals surface area contributed by atoms with Crippen LogP contribution in [0.25, 0.3) is 0 Å². The highest BCUT2D eigenvalue weighted by Crippen LogP contribution is 2.28. The minimum Gasteiger partial charge on any atom is -0.479 e. The number of aliphatic carboxylic acids is 1. The van der Waals surface area contributed by atoms with Crippen molar-refractivity contribution in [1.82, 2.24) is 4.98 Å². The third kappa shape index (κ3) is 11.8. The first-order chi connectivity index (χ1) is 22.5. The Balaban J connectivity index is 0.000000261. The first-order valence-corrected chi connectivity index (χ1v) is 14.7. The van der Waals surface area contributed by atoms with E-state index in [2.05, 4.69) is 4.98 Å². The van der Waals surface area contributed by atoms with Crippen LogP contribution in [0.1, 0.15) is 39.2 Å². The van der Waals surface area contributed by atoms with Gasteiger partial charge in [-0.3, -0.25) is 0 Å². The average molecular weight is 669 g/mol. The van der Waals surface area contributed by atoms with Gasteiger partial charge in [-0.2, -0.15) is 5.26 Å². The van der Waals surface area contributed by atoms with Crippen molar-refractivity contribution in [1.29, 1.82) is 5.26 Å². The summed E-state index contributed by atoms with van der Waals surface area (Å²) in [6.07, 6.45) is 1.34. The Kier molecular flexibility index (Phi) is 13.7. The second-order valence-electron chi connectivity index (χ2n) is 9.72. The summed E-state index contributed by atoms with van der Waals surface area (Å²) in [6.45, 7) is 5.43. The van der Waals surface area contributed by atoms with Crippen LogP contribution in [0.3, 0.4) is 0 Å². The molecule has 0 saturated carbocycles. The van der Waals surface area contributed by atoms with E-state index in [-0.39, 0.29) is 22.2 Å². The first kappa shape index (κ1) is 36.1. The van der Waals surface area contributed by atoms with E-state index < -0.39 is 35.8 Å². The molecule has 0 unspecified atom stereocenters. The molecule has 47 heavy (non-hydrogen) atoms. The number of carboxylic acids is 1. The summed E-state index contributed by atoms with van der Waals surface area (Å²) >= 11 is 5.59. The summed E-state index contributed by atoms with van der Waals surface area (Å²) in [5.41, 5.74) is 0.221. The van der Waals surface area contributed by atoms with Crippen LogP contribution in [0.15, 0.2) is 79.0 Å². The number of aromatic nitrogens is 1. The fourth-order valence-corrected chi connectivity index (χ4v) is 3.63. The topological polar surface area (TPSA) is 137 Å². The van der Waals surface area contributed by atoms with Crippen molar-refractivity contribution in [2.24, 2.45) is 0 Å². The lowest BCUT2D eigenvalue weighted by Crippen LogP contribution is -2.26. The normalized spacial score (nSPS) is 11.5. The molecule has 4 aromatic rings. The lowest BCUT2D eigenvalue weighted by Gasteiger charge is -2.14. The number of pyridine rings is 1. The molecule has 4 rings (SSSR count). The van der Waals surface area contributed by atoms with Gasteiger partial charge < -0.3 is 28.8 Å². The van der Waals surface area contributed by atoms with Gasteiger partial charge in [0.2, 0.25) is 0 Å². The van der Waals surface area contributed by atoms with Gasteiger partial charge in [0.25, 0.3) is 5.88 Å². The van der Waals surface area contributed by atoms with Gasteiger partial charge in [0, 0.05) is 6.20 Å². The third-order valence-corrected chi connectivity index (χ3v) is 6.18. The van der Waals surface area contributed by atoms with Crippen molar-refractivity contribution in [2.45, 2.75) is 45.8 Å². The van der Waals surface area contributed by atoms with Gasteiger partial charge in [-0.25, -0.2) is 23.4 Å². The molecule has 3 aromatic carbocycles. The number of carboxylic acid groups (broad SMARTS) is 1. The molecule has 0 bridgehead atoms. The molecular weight excluding hydrogens is 638 g/mol. The Bertz CT molecular complexity index is 1680. The molecule has 1 aromatic heterocycles. The van der Waals surface area contributed by atoms with Crippen LogP contribution in [0, 0.1) is 23.0 Å². The highest BCUT2D eigenvalue weighted by Gasteiger charge is 2.16. The van der Waals surface area contributed by atoms with E-state index in [0.717, 1.165) is 25.0 Å². The second kappa shape index (κ2) is 17.9. The Morgan fingerprint density at radius 3 is 1.98 bits per heavy atom. The second-order valence-corrected chi connectivity index (χ2v) is 10.2. The molecule has 0 amide bonds. The SMILES string of the molecule is CCCCOC(=O)[C@@H](C)Oc1ccc(Oc2ccc(C#N)cc2F)cc1.C[C@@H](Oc1ccc(Oc2ncc(Cl)cc2F)cc1)C(=O)O. The Morgan fingerprint density at radius 1 is 0.872 bits per heavy atom. The van der Waals surface area contributed by atoms with Crippen molar-refractivity contribution >= 4 is 23.5 Å². The van der Waals surface area contributed by atoms with Gasteiger partial charge in [0.05, 0.1) is 23.3 Å². The standard InChI is InChI=1S/C20H20FNO4.C14H11ClFNO4/c1-3-4-11-24-20(23)14(2)25-16-6-8-17(9-7-16)26-19-10-5-15(13-22)12-18(19)21;1-8(14(18)19)20-10-2-4-11(5-3-10)21-13-12(16)6-9(15)7-17-13/h5-10,12,14H,3-4,11H2,1-2H3;2-8H,1H3,(H,18,19)/t14-;8-/m11/s1. The summed E-state index contributed by atoms with van der Waals surface area (Å²) < 4.78 is 53.8. The Labute approximate surface area is 275 Å². The van der Waals surface area contributed by atoms with Crippen LogP contribution in [-0.4, -0.2) is 40.8 Å². The number of hydrogen-bond acceptors (Lipinski definition) is 9. The smallest absolute Gasteiger partial charge is 0.347 e. The zero-order valence-corrected chi connectivity index (χ0v) is 26.4.